The van der Waals surface area contributed by atoms with Gasteiger partial charge in [0.05, 0.1) is 5.56 Å². The van der Waals surface area contributed by atoms with Gasteiger partial charge in [0.2, 0.25) is 5.91 Å². The molecule has 0 saturated heterocycles. The highest BCUT2D eigenvalue weighted by Gasteiger charge is 2.11. The summed E-state index contributed by atoms with van der Waals surface area (Å²) < 4.78 is 0.696. The van der Waals surface area contributed by atoms with Crippen LogP contribution in [0, 0.1) is 0 Å². The van der Waals surface area contributed by atoms with E-state index in [2.05, 4.69) is 21.2 Å². The summed E-state index contributed by atoms with van der Waals surface area (Å²) in [5.74, 6) is -1.02. The van der Waals surface area contributed by atoms with Crippen LogP contribution >= 0.6 is 15.9 Å². The third-order valence-corrected chi connectivity index (χ3v) is 3.36. The minimum Gasteiger partial charge on any atom is -0.507 e. The molecule has 2 aromatic carbocycles. The molecule has 21 heavy (non-hydrogen) atoms. The summed E-state index contributed by atoms with van der Waals surface area (Å²) in [6.45, 7) is 0.228. The monoisotopic (exact) mass is 348 g/mol. The Morgan fingerprint density at radius 1 is 1.19 bits per heavy atom. The van der Waals surface area contributed by atoms with Crippen LogP contribution in [0.1, 0.15) is 26.3 Å². The van der Waals surface area contributed by atoms with Gasteiger partial charge in [-0.25, -0.2) is 0 Å². The molecule has 2 rings (SSSR count). The molecule has 0 radical (unpaired) electrons. The summed E-state index contributed by atoms with van der Waals surface area (Å²) in [5.41, 5.74) is 6.50. The van der Waals surface area contributed by atoms with Crippen molar-refractivity contribution in [2.75, 3.05) is 0 Å². The number of nitrogens with one attached hydrogen (secondary N) is 1. The zero-order valence-electron chi connectivity index (χ0n) is 11.0. The molecule has 0 aliphatic carbocycles. The highest BCUT2D eigenvalue weighted by molar-refractivity contribution is 9.10. The second-order valence-corrected chi connectivity index (χ2v) is 5.32. The Bertz CT molecular complexity index is 701. The molecule has 108 valence electrons. The van der Waals surface area contributed by atoms with Crippen molar-refractivity contribution in [1.29, 1.82) is 0 Å². The van der Waals surface area contributed by atoms with Gasteiger partial charge in [-0.05, 0) is 35.9 Å². The minimum absolute atomic E-state index is 0.0958. The molecule has 0 unspecified atom stereocenters. The van der Waals surface area contributed by atoms with Crippen LogP contribution in [-0.2, 0) is 6.54 Å². The fourth-order valence-electron chi connectivity index (χ4n) is 1.80. The maximum Gasteiger partial charge on any atom is 0.255 e. The van der Waals surface area contributed by atoms with Crippen molar-refractivity contribution >= 4 is 27.7 Å². The predicted molar refractivity (Wildman–Crippen MR) is 81.9 cm³/mol. The third-order valence-electron chi connectivity index (χ3n) is 2.87. The van der Waals surface area contributed by atoms with Crippen molar-refractivity contribution in [1.82, 2.24) is 5.32 Å². The summed E-state index contributed by atoms with van der Waals surface area (Å²) in [4.78, 5) is 23.1. The molecule has 0 atom stereocenters. The molecule has 4 N–H and O–H groups in total. The quantitative estimate of drug-likeness (QED) is 0.790. The van der Waals surface area contributed by atoms with Crippen LogP contribution in [0.15, 0.2) is 46.9 Å². The SMILES string of the molecule is NC(=O)c1cccc(CNC(=O)c2cc(Br)ccc2O)c1. The van der Waals surface area contributed by atoms with E-state index in [0.717, 1.165) is 5.56 Å². The minimum atomic E-state index is -0.521. The number of phenols is 1. The van der Waals surface area contributed by atoms with Crippen molar-refractivity contribution in [3.8, 4) is 5.75 Å². The number of amides is 2. The average Bonchev–Trinajstić information content (AvgIpc) is 2.47. The molecule has 0 aliphatic heterocycles. The lowest BCUT2D eigenvalue weighted by atomic mass is 10.1. The lowest BCUT2D eigenvalue weighted by Gasteiger charge is -2.08. The number of phenolic OH excluding ortho intramolecular Hbond substituents is 1. The summed E-state index contributed by atoms with van der Waals surface area (Å²) in [6, 6.07) is 11.3. The molecule has 0 aliphatic rings. The largest absolute Gasteiger partial charge is 0.507 e. The van der Waals surface area contributed by atoms with Crippen LogP contribution in [0.25, 0.3) is 0 Å². The van der Waals surface area contributed by atoms with E-state index in [0.29, 0.717) is 10.0 Å². The Balaban J connectivity index is 2.09. The fraction of sp³-hybridized carbons (Fsp3) is 0.0667. The molecule has 0 bridgehead atoms. The Hall–Kier alpha value is -2.34. The molecular weight excluding hydrogens is 336 g/mol. The van der Waals surface area contributed by atoms with Crippen LogP contribution in [0.2, 0.25) is 0 Å². The topological polar surface area (TPSA) is 92.4 Å². The van der Waals surface area contributed by atoms with Crippen LogP contribution in [0.3, 0.4) is 0 Å². The second-order valence-electron chi connectivity index (χ2n) is 4.41. The van der Waals surface area contributed by atoms with Crippen molar-refractivity contribution in [2.24, 2.45) is 5.73 Å². The van der Waals surface area contributed by atoms with Gasteiger partial charge in [0.25, 0.3) is 5.91 Å². The lowest BCUT2D eigenvalue weighted by Crippen LogP contribution is -2.23. The van der Waals surface area contributed by atoms with Gasteiger partial charge >= 0.3 is 0 Å². The van der Waals surface area contributed by atoms with Gasteiger partial charge in [-0.1, -0.05) is 28.1 Å². The van der Waals surface area contributed by atoms with E-state index in [1.165, 1.54) is 12.1 Å². The second kappa shape index (κ2) is 6.41. The number of carbonyl (C=O) groups excluding carboxylic acids is 2. The number of hydrogen-bond donors (Lipinski definition) is 3. The number of halogens is 1. The molecule has 6 heteroatoms. The number of rotatable bonds is 4. The molecule has 0 spiro atoms. The molecule has 0 heterocycles. The van der Waals surface area contributed by atoms with Gasteiger partial charge in [0.15, 0.2) is 0 Å². The van der Waals surface area contributed by atoms with Gasteiger partial charge in [-0.2, -0.15) is 0 Å². The number of hydrogen-bond acceptors (Lipinski definition) is 3. The van der Waals surface area contributed by atoms with E-state index in [9.17, 15) is 14.7 Å². The van der Waals surface area contributed by atoms with Crippen molar-refractivity contribution in [2.45, 2.75) is 6.54 Å². The number of aromatic hydroxyl groups is 1. The first-order chi connectivity index (χ1) is 9.97. The molecule has 2 aromatic rings. The number of primary amides is 1. The normalized spacial score (nSPS) is 10.1. The maximum atomic E-state index is 12.0. The Morgan fingerprint density at radius 3 is 2.67 bits per heavy atom. The average molecular weight is 349 g/mol. The van der Waals surface area contributed by atoms with E-state index < -0.39 is 11.8 Å². The Labute approximate surface area is 129 Å². The van der Waals surface area contributed by atoms with Gasteiger partial charge in [-0.3, -0.25) is 9.59 Å². The zero-order valence-corrected chi connectivity index (χ0v) is 12.6. The number of benzene rings is 2. The molecule has 2 amide bonds. The third kappa shape index (κ3) is 3.82. The standard InChI is InChI=1S/C15H13BrN2O3/c16-11-4-5-13(19)12(7-11)15(21)18-8-9-2-1-3-10(6-9)14(17)20/h1-7,19H,8H2,(H2,17,20)(H,18,21). The van der Waals surface area contributed by atoms with E-state index in [1.54, 1.807) is 30.3 Å². The van der Waals surface area contributed by atoms with Gasteiger partial charge in [0, 0.05) is 16.6 Å². The van der Waals surface area contributed by atoms with Crippen LogP contribution in [-0.4, -0.2) is 16.9 Å². The highest BCUT2D eigenvalue weighted by atomic mass is 79.9. The van der Waals surface area contributed by atoms with Crippen molar-refractivity contribution in [3.05, 3.63) is 63.6 Å². The van der Waals surface area contributed by atoms with Crippen molar-refractivity contribution in [3.63, 3.8) is 0 Å². The summed E-state index contributed by atoms with van der Waals surface area (Å²) in [6.07, 6.45) is 0. The number of carbonyl (C=O) groups is 2. The predicted octanol–water partition coefficient (Wildman–Crippen LogP) is 2.18. The lowest BCUT2D eigenvalue weighted by molar-refractivity contribution is 0.0947. The van der Waals surface area contributed by atoms with Gasteiger partial charge in [0.1, 0.15) is 5.75 Å². The molecule has 0 saturated carbocycles. The number of nitrogens with two attached hydrogens (primary N) is 1. The van der Waals surface area contributed by atoms with Crippen LogP contribution in [0.4, 0.5) is 0 Å². The Morgan fingerprint density at radius 2 is 1.95 bits per heavy atom. The smallest absolute Gasteiger partial charge is 0.255 e. The highest BCUT2D eigenvalue weighted by Crippen LogP contribution is 2.21. The maximum absolute atomic E-state index is 12.0. The van der Waals surface area contributed by atoms with Crippen molar-refractivity contribution < 1.29 is 14.7 Å². The molecular formula is C15H13BrN2O3. The zero-order chi connectivity index (χ0) is 15.4. The first-order valence-corrected chi connectivity index (χ1v) is 6.92. The molecule has 0 fully saturated rings. The first-order valence-electron chi connectivity index (χ1n) is 6.13. The van der Waals surface area contributed by atoms with Gasteiger partial charge < -0.3 is 16.2 Å². The molecule has 0 aromatic heterocycles. The Kier molecular flexibility index (Phi) is 4.59. The molecule has 5 nitrogen and oxygen atoms in total. The van der Waals surface area contributed by atoms with E-state index in [-0.39, 0.29) is 17.9 Å². The van der Waals surface area contributed by atoms with E-state index in [4.69, 9.17) is 5.73 Å². The van der Waals surface area contributed by atoms with Crippen LogP contribution < -0.4 is 11.1 Å². The van der Waals surface area contributed by atoms with E-state index >= 15 is 0 Å². The van der Waals surface area contributed by atoms with E-state index in [1.807, 2.05) is 0 Å². The summed E-state index contributed by atoms with van der Waals surface area (Å²) >= 11 is 3.24. The van der Waals surface area contributed by atoms with Gasteiger partial charge in [-0.15, -0.1) is 0 Å². The fourth-order valence-corrected chi connectivity index (χ4v) is 2.16. The first kappa shape index (κ1) is 15.1. The summed E-state index contributed by atoms with van der Waals surface area (Å²) in [7, 11) is 0. The van der Waals surface area contributed by atoms with Crippen LogP contribution in [0.5, 0.6) is 5.75 Å². The summed E-state index contributed by atoms with van der Waals surface area (Å²) in [5, 5.41) is 12.4.